The zero-order chi connectivity index (χ0) is 11.7. The molecular formula is C12H22N4. The average molecular weight is 222 g/mol. The molecule has 0 aliphatic carbocycles. The van der Waals surface area contributed by atoms with Crippen molar-refractivity contribution in [3.8, 4) is 0 Å². The van der Waals surface area contributed by atoms with Crippen molar-refractivity contribution >= 4 is 0 Å². The molecule has 0 aromatic carbocycles. The van der Waals surface area contributed by atoms with Gasteiger partial charge in [-0.15, -0.1) is 0 Å². The highest BCUT2D eigenvalue weighted by atomic mass is 15.2. The summed E-state index contributed by atoms with van der Waals surface area (Å²) in [6.45, 7) is 5.22. The Labute approximate surface area is 97.2 Å². The number of H-pyrrole nitrogens is 1. The molecule has 0 fully saturated rings. The molecule has 2 rings (SSSR count). The second-order valence-corrected chi connectivity index (χ2v) is 5.17. The van der Waals surface area contributed by atoms with Gasteiger partial charge in [-0.25, -0.2) is 4.98 Å². The van der Waals surface area contributed by atoms with E-state index in [2.05, 4.69) is 35.8 Å². The molecule has 1 aliphatic heterocycles. The summed E-state index contributed by atoms with van der Waals surface area (Å²) < 4.78 is 0. The van der Waals surface area contributed by atoms with Gasteiger partial charge in [-0.2, -0.15) is 0 Å². The fourth-order valence-corrected chi connectivity index (χ4v) is 2.58. The Hall–Kier alpha value is -0.870. The minimum absolute atomic E-state index is 0.420. The zero-order valence-electron chi connectivity index (χ0n) is 10.4. The largest absolute Gasteiger partial charge is 0.348 e. The number of hydrogen-bond acceptors (Lipinski definition) is 3. The van der Waals surface area contributed by atoms with E-state index in [9.17, 15) is 0 Å². The van der Waals surface area contributed by atoms with E-state index >= 15 is 0 Å². The van der Waals surface area contributed by atoms with Crippen LogP contribution in [0, 0.1) is 5.92 Å². The Kier molecular flexibility index (Phi) is 3.30. The number of fused-ring (bicyclic) bond motifs is 1. The van der Waals surface area contributed by atoms with Crippen LogP contribution < -0.4 is 5.73 Å². The molecule has 2 unspecified atom stereocenters. The lowest BCUT2D eigenvalue weighted by molar-refractivity contribution is 0.136. The second kappa shape index (κ2) is 4.55. The van der Waals surface area contributed by atoms with Crippen molar-refractivity contribution in [2.24, 2.45) is 11.7 Å². The first kappa shape index (κ1) is 11.6. The Balaban J connectivity index is 2.27. The smallest absolute Gasteiger partial charge is 0.0925 e. The number of nitrogens with zero attached hydrogens (tertiary/aromatic N) is 2. The van der Waals surface area contributed by atoms with E-state index in [-0.39, 0.29) is 0 Å². The van der Waals surface area contributed by atoms with Crippen molar-refractivity contribution in [1.29, 1.82) is 0 Å². The van der Waals surface area contributed by atoms with Crippen LogP contribution in [0.2, 0.25) is 0 Å². The first-order valence-electron chi connectivity index (χ1n) is 6.07. The van der Waals surface area contributed by atoms with Crippen molar-refractivity contribution < 1.29 is 0 Å². The summed E-state index contributed by atoms with van der Waals surface area (Å²) in [7, 11) is 2.17. The number of imidazole rings is 1. The SMILES string of the molecule is CC(C)CC1c2nc[nH]c2CC(CN)N1C. The van der Waals surface area contributed by atoms with Crippen LogP contribution >= 0.6 is 0 Å². The topological polar surface area (TPSA) is 57.9 Å². The monoisotopic (exact) mass is 222 g/mol. The fourth-order valence-electron chi connectivity index (χ4n) is 2.58. The Morgan fingerprint density at radius 3 is 3.00 bits per heavy atom. The standard InChI is InChI=1S/C12H22N4/c1-8(2)4-11-12-10(14-7-15-12)5-9(6-13)16(11)3/h7-9,11H,4-6,13H2,1-3H3,(H,14,15). The van der Waals surface area contributed by atoms with Gasteiger partial charge in [0, 0.05) is 24.7 Å². The van der Waals surface area contributed by atoms with Crippen molar-refractivity contribution in [2.75, 3.05) is 13.6 Å². The molecule has 4 heteroatoms. The molecule has 90 valence electrons. The maximum absolute atomic E-state index is 5.84. The molecule has 0 amide bonds. The molecule has 0 radical (unpaired) electrons. The molecule has 2 atom stereocenters. The van der Waals surface area contributed by atoms with Crippen molar-refractivity contribution in [3.05, 3.63) is 17.7 Å². The van der Waals surface area contributed by atoms with E-state index in [0.717, 1.165) is 12.8 Å². The van der Waals surface area contributed by atoms with Gasteiger partial charge in [-0.3, -0.25) is 4.90 Å². The van der Waals surface area contributed by atoms with Crippen LogP contribution in [0.4, 0.5) is 0 Å². The first-order valence-corrected chi connectivity index (χ1v) is 6.07. The predicted molar refractivity (Wildman–Crippen MR) is 65.1 cm³/mol. The molecule has 1 aliphatic rings. The highest BCUT2D eigenvalue weighted by Crippen LogP contribution is 2.33. The number of nitrogens with one attached hydrogen (secondary N) is 1. The Bertz CT molecular complexity index is 345. The third kappa shape index (κ3) is 1.99. The van der Waals surface area contributed by atoms with Gasteiger partial charge in [0.2, 0.25) is 0 Å². The van der Waals surface area contributed by atoms with Crippen molar-refractivity contribution in [2.45, 2.75) is 38.8 Å². The summed E-state index contributed by atoms with van der Waals surface area (Å²) in [4.78, 5) is 10.1. The molecule has 1 aromatic rings. The number of rotatable bonds is 3. The van der Waals surface area contributed by atoms with E-state index in [1.807, 2.05) is 6.33 Å². The molecule has 2 heterocycles. The van der Waals surface area contributed by atoms with E-state index in [1.54, 1.807) is 0 Å². The molecule has 1 aromatic heterocycles. The lowest BCUT2D eigenvalue weighted by Gasteiger charge is -2.39. The fraction of sp³-hybridized carbons (Fsp3) is 0.750. The molecule has 16 heavy (non-hydrogen) atoms. The molecule has 0 spiro atoms. The van der Waals surface area contributed by atoms with E-state index < -0.39 is 0 Å². The average Bonchev–Trinajstić information content (AvgIpc) is 2.69. The van der Waals surface area contributed by atoms with Crippen LogP contribution in [-0.4, -0.2) is 34.5 Å². The summed E-state index contributed by atoms with van der Waals surface area (Å²) >= 11 is 0. The normalized spacial score (nSPS) is 26.1. The van der Waals surface area contributed by atoms with Crippen LogP contribution in [-0.2, 0) is 6.42 Å². The highest BCUT2D eigenvalue weighted by Gasteiger charge is 2.33. The molecule has 0 bridgehead atoms. The van der Waals surface area contributed by atoms with Gasteiger partial charge in [0.25, 0.3) is 0 Å². The molecule has 0 saturated carbocycles. The van der Waals surface area contributed by atoms with E-state index in [4.69, 9.17) is 5.73 Å². The van der Waals surface area contributed by atoms with Crippen LogP contribution in [0.25, 0.3) is 0 Å². The van der Waals surface area contributed by atoms with Crippen LogP contribution in [0.1, 0.15) is 37.7 Å². The number of nitrogens with two attached hydrogens (primary N) is 1. The summed E-state index contributed by atoms with van der Waals surface area (Å²) in [5, 5.41) is 0. The lowest BCUT2D eigenvalue weighted by Crippen LogP contribution is -2.45. The lowest BCUT2D eigenvalue weighted by atomic mass is 9.91. The molecule has 3 N–H and O–H groups in total. The van der Waals surface area contributed by atoms with Gasteiger partial charge in [-0.1, -0.05) is 13.8 Å². The Morgan fingerprint density at radius 2 is 2.38 bits per heavy atom. The molecular weight excluding hydrogens is 200 g/mol. The van der Waals surface area contributed by atoms with Gasteiger partial charge < -0.3 is 10.7 Å². The van der Waals surface area contributed by atoms with E-state index in [1.165, 1.54) is 11.4 Å². The first-order chi connectivity index (χ1) is 7.63. The van der Waals surface area contributed by atoms with Crippen molar-refractivity contribution in [3.63, 3.8) is 0 Å². The summed E-state index contributed by atoms with van der Waals surface area (Å²) in [6.07, 6.45) is 3.95. The summed E-state index contributed by atoms with van der Waals surface area (Å²) in [6, 6.07) is 0.861. The summed E-state index contributed by atoms with van der Waals surface area (Å²) in [5.74, 6) is 0.675. The number of likely N-dealkylation sites (N-methyl/N-ethyl adjacent to an activating group) is 1. The summed E-state index contributed by atoms with van der Waals surface area (Å²) in [5.41, 5.74) is 8.34. The third-order valence-electron chi connectivity index (χ3n) is 3.54. The quantitative estimate of drug-likeness (QED) is 0.810. The minimum atomic E-state index is 0.420. The van der Waals surface area contributed by atoms with Gasteiger partial charge in [0.05, 0.1) is 18.1 Å². The van der Waals surface area contributed by atoms with E-state index in [0.29, 0.717) is 24.5 Å². The van der Waals surface area contributed by atoms with Gasteiger partial charge in [-0.05, 0) is 19.4 Å². The van der Waals surface area contributed by atoms with Gasteiger partial charge >= 0.3 is 0 Å². The number of hydrogen-bond donors (Lipinski definition) is 2. The highest BCUT2D eigenvalue weighted by molar-refractivity contribution is 5.21. The molecule has 4 nitrogen and oxygen atoms in total. The maximum Gasteiger partial charge on any atom is 0.0925 e. The number of aromatic nitrogens is 2. The Morgan fingerprint density at radius 1 is 1.62 bits per heavy atom. The number of aromatic amines is 1. The van der Waals surface area contributed by atoms with Gasteiger partial charge in [0.1, 0.15) is 0 Å². The van der Waals surface area contributed by atoms with Crippen LogP contribution in [0.15, 0.2) is 6.33 Å². The third-order valence-corrected chi connectivity index (χ3v) is 3.54. The maximum atomic E-state index is 5.84. The zero-order valence-corrected chi connectivity index (χ0v) is 10.4. The second-order valence-electron chi connectivity index (χ2n) is 5.17. The minimum Gasteiger partial charge on any atom is -0.348 e. The molecule has 0 saturated heterocycles. The van der Waals surface area contributed by atoms with Crippen LogP contribution in [0.5, 0.6) is 0 Å². The van der Waals surface area contributed by atoms with Gasteiger partial charge in [0.15, 0.2) is 0 Å². The van der Waals surface area contributed by atoms with Crippen molar-refractivity contribution in [1.82, 2.24) is 14.9 Å². The predicted octanol–water partition coefficient (Wildman–Crippen LogP) is 1.31. The van der Waals surface area contributed by atoms with Crippen LogP contribution in [0.3, 0.4) is 0 Å².